The van der Waals surface area contributed by atoms with E-state index in [9.17, 15) is 14.4 Å². The molecule has 1 aromatic carbocycles. The Hall–Kier alpha value is -2.38. The molecule has 0 aliphatic rings. The quantitative estimate of drug-likeness (QED) is 0.581. The fourth-order valence-electron chi connectivity index (χ4n) is 1.43. The molecule has 0 heterocycles. The maximum absolute atomic E-state index is 10.5. The van der Waals surface area contributed by atoms with Crippen molar-refractivity contribution in [3.8, 4) is 0 Å². The van der Waals surface area contributed by atoms with Crippen LogP contribution in [0.1, 0.15) is 17.9 Å². The minimum Gasteiger partial charge on any atom is -0.481 e. The Kier molecular flexibility index (Phi) is 9.24. The van der Waals surface area contributed by atoms with Crippen molar-refractivity contribution in [1.82, 2.24) is 0 Å². The molecule has 1 aromatic rings. The molecule has 0 amide bonds. The highest BCUT2D eigenvalue weighted by Gasteiger charge is 2.13. The van der Waals surface area contributed by atoms with E-state index >= 15 is 0 Å². The van der Waals surface area contributed by atoms with Crippen LogP contribution in [0.5, 0.6) is 0 Å². The summed E-state index contributed by atoms with van der Waals surface area (Å²) in [6.45, 7) is 0.327. The second-order valence-electron chi connectivity index (χ2n) is 4.09. The van der Waals surface area contributed by atoms with Crippen LogP contribution in [0.4, 0.5) is 0 Å². The smallest absolute Gasteiger partial charge is 0.328 e. The Labute approximate surface area is 131 Å². The third kappa shape index (κ3) is 9.51. The van der Waals surface area contributed by atoms with Crippen LogP contribution in [0, 0.1) is 0 Å². The molecule has 120 valence electrons. The highest BCUT2D eigenvalue weighted by Crippen LogP contribution is 2.20. The molecule has 22 heavy (non-hydrogen) atoms. The van der Waals surface area contributed by atoms with E-state index in [1.54, 1.807) is 12.1 Å². The van der Waals surface area contributed by atoms with Crippen LogP contribution in [0.25, 0.3) is 0 Å². The van der Waals surface area contributed by atoms with Crippen LogP contribution >= 0.6 is 11.6 Å². The zero-order valence-corrected chi connectivity index (χ0v) is 12.2. The number of rotatable bonds is 6. The number of hydrogen-bond acceptors (Lipinski definition) is 4. The molecule has 0 aliphatic carbocycles. The minimum atomic E-state index is -1.26. The summed E-state index contributed by atoms with van der Waals surface area (Å²) in [7, 11) is 0. The van der Waals surface area contributed by atoms with Crippen molar-refractivity contribution >= 4 is 29.5 Å². The first-order valence-corrected chi connectivity index (χ1v) is 6.45. The first kappa shape index (κ1) is 19.6. The van der Waals surface area contributed by atoms with Gasteiger partial charge >= 0.3 is 17.9 Å². The lowest BCUT2D eigenvalue weighted by Gasteiger charge is -2.12. The maximum atomic E-state index is 10.5. The Morgan fingerprint density at radius 1 is 1.05 bits per heavy atom. The summed E-state index contributed by atoms with van der Waals surface area (Å²) >= 11 is 5.72. The highest BCUT2D eigenvalue weighted by molar-refractivity contribution is 6.30. The SMILES string of the molecule is NCC(CC(=O)O)c1ccc(Cl)cc1.O=C(O)/C=C\C(=O)O. The van der Waals surface area contributed by atoms with E-state index in [1.807, 2.05) is 12.1 Å². The predicted octanol–water partition coefficient (Wildman–Crippen LogP) is 1.57. The lowest BCUT2D eigenvalue weighted by Crippen LogP contribution is -2.16. The Balaban J connectivity index is 0.000000472. The molecule has 0 aliphatic heterocycles. The molecule has 0 fully saturated rings. The number of halogens is 1. The summed E-state index contributed by atoms with van der Waals surface area (Å²) in [5, 5.41) is 24.9. The fraction of sp³-hybridized carbons (Fsp3) is 0.214. The fourth-order valence-corrected chi connectivity index (χ4v) is 1.55. The van der Waals surface area contributed by atoms with Gasteiger partial charge in [-0.3, -0.25) is 4.79 Å². The van der Waals surface area contributed by atoms with Gasteiger partial charge in [-0.2, -0.15) is 0 Å². The summed E-state index contributed by atoms with van der Waals surface area (Å²) in [6, 6.07) is 7.09. The Morgan fingerprint density at radius 3 is 1.82 bits per heavy atom. The van der Waals surface area contributed by atoms with Gasteiger partial charge in [0, 0.05) is 23.1 Å². The lowest BCUT2D eigenvalue weighted by atomic mass is 9.96. The largest absolute Gasteiger partial charge is 0.481 e. The molecule has 1 unspecified atom stereocenters. The maximum Gasteiger partial charge on any atom is 0.328 e. The topological polar surface area (TPSA) is 138 Å². The average molecular weight is 330 g/mol. The van der Waals surface area contributed by atoms with E-state index in [2.05, 4.69) is 0 Å². The molecular weight excluding hydrogens is 314 g/mol. The van der Waals surface area contributed by atoms with Gasteiger partial charge < -0.3 is 21.1 Å². The number of carboxylic acids is 3. The number of hydrogen-bond donors (Lipinski definition) is 4. The van der Waals surface area contributed by atoms with E-state index < -0.39 is 17.9 Å². The van der Waals surface area contributed by atoms with Crippen molar-refractivity contribution < 1.29 is 29.7 Å². The molecule has 0 spiro atoms. The van der Waals surface area contributed by atoms with Crippen molar-refractivity contribution in [3.05, 3.63) is 47.0 Å². The number of benzene rings is 1. The molecular formula is C14H16ClNO6. The van der Waals surface area contributed by atoms with E-state index in [0.717, 1.165) is 5.56 Å². The van der Waals surface area contributed by atoms with Gasteiger partial charge in [-0.25, -0.2) is 9.59 Å². The molecule has 0 saturated carbocycles. The second kappa shape index (κ2) is 10.4. The van der Waals surface area contributed by atoms with Crippen LogP contribution in [0.2, 0.25) is 5.02 Å². The number of nitrogens with two attached hydrogens (primary N) is 1. The van der Waals surface area contributed by atoms with E-state index in [1.165, 1.54) is 0 Å². The number of carbonyl (C=O) groups is 3. The van der Waals surface area contributed by atoms with Gasteiger partial charge in [-0.15, -0.1) is 0 Å². The van der Waals surface area contributed by atoms with Crippen LogP contribution in [0.3, 0.4) is 0 Å². The van der Waals surface area contributed by atoms with Crippen LogP contribution in [-0.4, -0.2) is 39.8 Å². The third-order valence-electron chi connectivity index (χ3n) is 2.42. The number of carboxylic acid groups (broad SMARTS) is 3. The van der Waals surface area contributed by atoms with E-state index in [0.29, 0.717) is 23.7 Å². The summed E-state index contributed by atoms with van der Waals surface area (Å²) in [6.07, 6.45) is 1.17. The second-order valence-corrected chi connectivity index (χ2v) is 4.53. The van der Waals surface area contributed by atoms with Gasteiger partial charge in [0.15, 0.2) is 0 Å². The average Bonchev–Trinajstić information content (AvgIpc) is 2.44. The van der Waals surface area contributed by atoms with Gasteiger partial charge in [0.2, 0.25) is 0 Å². The summed E-state index contributed by atoms with van der Waals surface area (Å²) in [5.41, 5.74) is 6.41. The summed E-state index contributed by atoms with van der Waals surface area (Å²) in [4.78, 5) is 29.6. The molecule has 0 bridgehead atoms. The standard InChI is InChI=1S/C10H12ClNO2.C4H4O4/c11-9-3-1-7(2-4-9)8(6-12)5-10(13)14;5-3(6)1-2-4(7)8/h1-4,8H,5-6,12H2,(H,13,14);1-2H,(H,5,6)(H,7,8)/b;2-1-. The molecule has 1 atom stereocenters. The summed E-state index contributed by atoms with van der Waals surface area (Å²) in [5.74, 6) is -3.49. The lowest BCUT2D eigenvalue weighted by molar-refractivity contribution is -0.137. The molecule has 5 N–H and O–H groups in total. The monoisotopic (exact) mass is 329 g/mol. The highest BCUT2D eigenvalue weighted by atomic mass is 35.5. The van der Waals surface area contributed by atoms with Gasteiger partial charge in [-0.1, -0.05) is 23.7 Å². The number of aliphatic carboxylic acids is 3. The van der Waals surface area contributed by atoms with Crippen LogP contribution in [-0.2, 0) is 14.4 Å². The molecule has 1 rings (SSSR count). The Bertz CT molecular complexity index is 525. The first-order valence-electron chi connectivity index (χ1n) is 6.07. The molecule has 0 aromatic heterocycles. The predicted molar refractivity (Wildman–Crippen MR) is 79.9 cm³/mol. The zero-order valence-electron chi connectivity index (χ0n) is 11.5. The Morgan fingerprint density at radius 2 is 1.50 bits per heavy atom. The zero-order chi connectivity index (χ0) is 17.1. The molecule has 0 saturated heterocycles. The third-order valence-corrected chi connectivity index (χ3v) is 2.67. The minimum absolute atomic E-state index is 0.0537. The van der Waals surface area contributed by atoms with Crippen molar-refractivity contribution in [2.45, 2.75) is 12.3 Å². The van der Waals surface area contributed by atoms with Crippen molar-refractivity contribution in [1.29, 1.82) is 0 Å². The van der Waals surface area contributed by atoms with Gasteiger partial charge in [0.25, 0.3) is 0 Å². The first-order chi connectivity index (χ1) is 10.3. The normalized spacial score (nSPS) is 11.4. The van der Waals surface area contributed by atoms with Crippen molar-refractivity contribution in [2.24, 2.45) is 5.73 Å². The molecule has 8 heteroatoms. The van der Waals surface area contributed by atoms with Gasteiger partial charge in [0.1, 0.15) is 0 Å². The molecule has 7 nitrogen and oxygen atoms in total. The van der Waals surface area contributed by atoms with E-state index in [-0.39, 0.29) is 12.3 Å². The molecule has 0 radical (unpaired) electrons. The van der Waals surface area contributed by atoms with Gasteiger partial charge in [0.05, 0.1) is 6.42 Å². The van der Waals surface area contributed by atoms with Crippen molar-refractivity contribution in [2.75, 3.05) is 6.54 Å². The van der Waals surface area contributed by atoms with Gasteiger partial charge in [-0.05, 0) is 24.2 Å². The van der Waals surface area contributed by atoms with E-state index in [4.69, 9.17) is 32.7 Å². The summed E-state index contributed by atoms with van der Waals surface area (Å²) < 4.78 is 0. The van der Waals surface area contributed by atoms with Crippen LogP contribution < -0.4 is 5.73 Å². The van der Waals surface area contributed by atoms with Crippen LogP contribution in [0.15, 0.2) is 36.4 Å². The van der Waals surface area contributed by atoms with Crippen molar-refractivity contribution in [3.63, 3.8) is 0 Å².